The van der Waals surface area contributed by atoms with E-state index in [1.165, 1.54) is 191 Å². The molecule has 2 aliphatic heterocycles. The number of unbranched alkanes of at least 4 members (excludes halogenated alkanes) is 20. The van der Waals surface area contributed by atoms with Crippen molar-refractivity contribution in [1.82, 2.24) is 0 Å². The third-order valence-corrected chi connectivity index (χ3v) is 9.61. The fourth-order valence-corrected chi connectivity index (χ4v) is 6.36. The third-order valence-electron chi connectivity index (χ3n) is 9.61. The monoisotopic (exact) mass is 603 g/mol. The Kier molecular flexibility index (Phi) is 25.6. The van der Waals surface area contributed by atoms with Crippen LogP contribution in [0.5, 0.6) is 0 Å². The zero-order chi connectivity index (χ0) is 30.5. The quantitative estimate of drug-likeness (QED) is 0.0566. The molecule has 0 saturated carbocycles. The molecular weight excluding hydrogens is 528 g/mol. The fourth-order valence-electron chi connectivity index (χ4n) is 6.36. The average molecular weight is 603 g/mol. The first kappa shape index (κ1) is 38.4. The molecule has 0 aromatic heterocycles. The second-order valence-corrected chi connectivity index (χ2v) is 13.7. The van der Waals surface area contributed by atoms with Crippen molar-refractivity contribution in [3.8, 4) is 0 Å². The highest BCUT2D eigenvalue weighted by Crippen LogP contribution is 2.24. The van der Waals surface area contributed by atoms with Gasteiger partial charge in [-0.3, -0.25) is 0 Å². The Morgan fingerprint density at radius 2 is 0.837 bits per heavy atom. The Balaban J connectivity index is 1.77. The zero-order valence-electron chi connectivity index (χ0n) is 29.2. The van der Waals surface area contributed by atoms with E-state index in [0.717, 1.165) is 26.1 Å². The third kappa shape index (κ3) is 22.4. The van der Waals surface area contributed by atoms with E-state index in [9.17, 15) is 0 Å². The first-order valence-corrected chi connectivity index (χ1v) is 19.6. The summed E-state index contributed by atoms with van der Waals surface area (Å²) < 4.78 is 18.0. The molecular formula is C40H74O3. The van der Waals surface area contributed by atoms with Gasteiger partial charge in [-0.15, -0.1) is 0 Å². The van der Waals surface area contributed by atoms with E-state index in [1.54, 1.807) is 0 Å². The van der Waals surface area contributed by atoms with Gasteiger partial charge in [-0.2, -0.15) is 0 Å². The van der Waals surface area contributed by atoms with Crippen LogP contribution in [-0.2, 0) is 14.2 Å². The maximum Gasteiger partial charge on any atom is 0.0996 e. The lowest BCUT2D eigenvalue weighted by Gasteiger charge is -2.26. The summed E-state index contributed by atoms with van der Waals surface area (Å²) in [6.07, 6.45) is 45.4. The van der Waals surface area contributed by atoms with Crippen LogP contribution in [0.1, 0.15) is 206 Å². The van der Waals surface area contributed by atoms with Crippen LogP contribution in [0.15, 0.2) is 23.7 Å². The summed E-state index contributed by atoms with van der Waals surface area (Å²) in [4.78, 5) is 0. The lowest BCUT2D eigenvalue weighted by molar-refractivity contribution is -0.0557. The minimum absolute atomic E-state index is 0.577. The molecule has 0 aromatic carbocycles. The molecule has 0 radical (unpaired) electrons. The predicted octanol–water partition coefficient (Wildman–Crippen LogP) is 13.3. The molecule has 0 amide bonds. The van der Waals surface area contributed by atoms with Crippen molar-refractivity contribution < 1.29 is 14.2 Å². The fraction of sp³-hybridized carbons (Fsp3) is 0.900. The molecule has 0 bridgehead atoms. The molecule has 43 heavy (non-hydrogen) atoms. The van der Waals surface area contributed by atoms with Crippen molar-refractivity contribution >= 4 is 0 Å². The molecule has 252 valence electrons. The predicted molar refractivity (Wildman–Crippen MR) is 187 cm³/mol. The first-order valence-electron chi connectivity index (χ1n) is 19.6. The molecule has 3 heteroatoms. The first-order chi connectivity index (χ1) is 21.3. The molecule has 0 aromatic rings. The molecule has 2 unspecified atom stereocenters. The van der Waals surface area contributed by atoms with Gasteiger partial charge in [0.15, 0.2) is 0 Å². The summed E-state index contributed by atoms with van der Waals surface area (Å²) in [6.45, 7) is 6.59. The maximum atomic E-state index is 6.79. The van der Waals surface area contributed by atoms with Crippen LogP contribution in [0.25, 0.3) is 0 Å². The van der Waals surface area contributed by atoms with Gasteiger partial charge in [0.25, 0.3) is 0 Å². The van der Waals surface area contributed by atoms with Gasteiger partial charge in [0.2, 0.25) is 0 Å². The minimum Gasteiger partial charge on any atom is -0.467 e. The van der Waals surface area contributed by atoms with E-state index in [0.29, 0.717) is 12.2 Å². The minimum atomic E-state index is 0.577. The number of rotatable bonds is 32. The highest BCUT2D eigenvalue weighted by atomic mass is 16.5. The summed E-state index contributed by atoms with van der Waals surface area (Å²) in [5.41, 5.74) is 0. The molecule has 0 aliphatic carbocycles. The van der Waals surface area contributed by atoms with Gasteiger partial charge >= 0.3 is 0 Å². The number of allylic oxidation sites excluding steroid dienone is 4. The standard InChI is InChI=1S/C40H74O3/c1-3-5-7-9-11-15-23-29-39(31-25-19-13-17-21-27-37-33-35-41-37)43-40(30-24-16-12-10-8-6-4-2)32-26-20-14-18-22-28-38-34-36-42-38/h29-30,37-38H,3-28,31-36H2,1-2H3/b39-29-,40-30-. The summed E-state index contributed by atoms with van der Waals surface area (Å²) in [6, 6.07) is 0. The van der Waals surface area contributed by atoms with Gasteiger partial charge < -0.3 is 14.2 Å². The summed E-state index contributed by atoms with van der Waals surface area (Å²) in [5, 5.41) is 0. The highest BCUT2D eigenvalue weighted by molar-refractivity contribution is 5.03. The van der Waals surface area contributed by atoms with Crippen LogP contribution in [0, 0.1) is 0 Å². The van der Waals surface area contributed by atoms with E-state index in [-0.39, 0.29) is 0 Å². The average Bonchev–Trinajstić information content (AvgIpc) is 2.96. The SMILES string of the molecule is CCCCCCCC/C=C(/CCCCCCCC1CCO1)O/C(=C\CCCCCCCC)CCCCCCCC1CCO1. The van der Waals surface area contributed by atoms with E-state index >= 15 is 0 Å². The molecule has 2 saturated heterocycles. The maximum absolute atomic E-state index is 6.79. The lowest BCUT2D eigenvalue weighted by Crippen LogP contribution is -2.26. The Labute approximate surface area is 269 Å². The van der Waals surface area contributed by atoms with Crippen LogP contribution in [0.4, 0.5) is 0 Å². The van der Waals surface area contributed by atoms with Gasteiger partial charge in [0, 0.05) is 26.1 Å². The molecule has 2 rings (SSSR count). The summed E-state index contributed by atoms with van der Waals surface area (Å²) >= 11 is 0. The van der Waals surface area contributed by atoms with E-state index in [1.807, 2.05) is 0 Å². The Morgan fingerprint density at radius 3 is 1.21 bits per heavy atom. The van der Waals surface area contributed by atoms with Crippen LogP contribution >= 0.6 is 0 Å². The van der Waals surface area contributed by atoms with E-state index in [2.05, 4.69) is 26.0 Å². The van der Waals surface area contributed by atoms with E-state index < -0.39 is 0 Å². The van der Waals surface area contributed by atoms with Crippen molar-refractivity contribution in [3.63, 3.8) is 0 Å². The normalized spacial score (nSPS) is 18.9. The molecule has 2 heterocycles. The van der Waals surface area contributed by atoms with Crippen molar-refractivity contribution in [1.29, 1.82) is 0 Å². The topological polar surface area (TPSA) is 27.7 Å². The number of ether oxygens (including phenoxy) is 3. The Morgan fingerprint density at radius 1 is 0.488 bits per heavy atom. The Bertz CT molecular complexity index is 605. The molecule has 2 aliphatic rings. The van der Waals surface area contributed by atoms with Crippen LogP contribution in [0.3, 0.4) is 0 Å². The van der Waals surface area contributed by atoms with Crippen LogP contribution < -0.4 is 0 Å². The smallest absolute Gasteiger partial charge is 0.0996 e. The van der Waals surface area contributed by atoms with Gasteiger partial charge in [0.1, 0.15) is 0 Å². The molecule has 2 fully saturated rings. The largest absolute Gasteiger partial charge is 0.467 e. The number of hydrogen-bond acceptors (Lipinski definition) is 3. The molecule has 0 N–H and O–H groups in total. The summed E-state index contributed by atoms with van der Waals surface area (Å²) in [5.74, 6) is 2.54. The van der Waals surface area contributed by atoms with Gasteiger partial charge in [0.05, 0.1) is 23.7 Å². The number of hydrogen-bond donors (Lipinski definition) is 0. The molecule has 2 atom stereocenters. The highest BCUT2D eigenvalue weighted by Gasteiger charge is 2.17. The van der Waals surface area contributed by atoms with Crippen molar-refractivity contribution in [2.45, 2.75) is 219 Å². The van der Waals surface area contributed by atoms with Crippen molar-refractivity contribution in [2.24, 2.45) is 0 Å². The van der Waals surface area contributed by atoms with Crippen molar-refractivity contribution in [3.05, 3.63) is 23.7 Å². The lowest BCUT2D eigenvalue weighted by atomic mass is 10.0. The second-order valence-electron chi connectivity index (χ2n) is 13.7. The zero-order valence-corrected chi connectivity index (χ0v) is 29.2. The van der Waals surface area contributed by atoms with Crippen molar-refractivity contribution in [2.75, 3.05) is 13.2 Å². The summed E-state index contributed by atoms with van der Waals surface area (Å²) in [7, 11) is 0. The van der Waals surface area contributed by atoms with Crippen LogP contribution in [0.2, 0.25) is 0 Å². The second kappa shape index (κ2) is 28.7. The van der Waals surface area contributed by atoms with E-state index in [4.69, 9.17) is 14.2 Å². The van der Waals surface area contributed by atoms with Gasteiger partial charge in [-0.25, -0.2) is 0 Å². The van der Waals surface area contributed by atoms with Gasteiger partial charge in [-0.1, -0.05) is 129 Å². The van der Waals surface area contributed by atoms with Gasteiger partial charge in [-0.05, 0) is 76.4 Å². The molecule has 0 spiro atoms. The van der Waals surface area contributed by atoms with Crippen LogP contribution in [-0.4, -0.2) is 25.4 Å². The Hall–Kier alpha value is -0.800. The molecule has 3 nitrogen and oxygen atoms in total.